The number of imide groups is 1. The molecule has 138 valence electrons. The quantitative estimate of drug-likeness (QED) is 0.772. The molecule has 2 heterocycles. The first kappa shape index (κ1) is 16.9. The van der Waals surface area contributed by atoms with Crippen LogP contribution in [0.2, 0.25) is 0 Å². The second-order valence-corrected chi connectivity index (χ2v) is 7.12. The van der Waals surface area contributed by atoms with E-state index >= 15 is 0 Å². The Morgan fingerprint density at radius 1 is 1.19 bits per heavy atom. The van der Waals surface area contributed by atoms with Crippen molar-refractivity contribution in [1.82, 2.24) is 4.90 Å². The van der Waals surface area contributed by atoms with E-state index in [2.05, 4.69) is 5.16 Å². The number of nitrogens with zero attached hydrogens (tertiary/aromatic N) is 2. The van der Waals surface area contributed by atoms with Crippen LogP contribution >= 0.6 is 0 Å². The smallest absolute Gasteiger partial charge is 0.276 e. The Bertz CT molecular complexity index is 784. The summed E-state index contributed by atoms with van der Waals surface area (Å²) in [5, 5.41) is 4.11. The number of amides is 2. The summed E-state index contributed by atoms with van der Waals surface area (Å²) in [6.07, 6.45) is 4.95. The van der Waals surface area contributed by atoms with E-state index < -0.39 is 5.60 Å². The van der Waals surface area contributed by atoms with E-state index in [-0.39, 0.29) is 30.8 Å². The minimum atomic E-state index is -1.19. The molecule has 26 heavy (non-hydrogen) atoms. The van der Waals surface area contributed by atoms with Gasteiger partial charge >= 0.3 is 0 Å². The van der Waals surface area contributed by atoms with Gasteiger partial charge in [-0.3, -0.25) is 14.5 Å². The van der Waals surface area contributed by atoms with Crippen molar-refractivity contribution >= 4 is 17.5 Å². The van der Waals surface area contributed by atoms with Gasteiger partial charge in [0.1, 0.15) is 0 Å². The van der Waals surface area contributed by atoms with Crippen LogP contribution in [0.15, 0.2) is 23.4 Å². The molecule has 1 aromatic rings. The number of benzene rings is 1. The van der Waals surface area contributed by atoms with Crippen LogP contribution in [0, 0.1) is 0 Å². The lowest BCUT2D eigenvalue weighted by Crippen LogP contribution is -2.39. The van der Waals surface area contributed by atoms with Gasteiger partial charge in [0.15, 0.2) is 11.5 Å². The highest BCUT2D eigenvalue weighted by Crippen LogP contribution is 2.38. The van der Waals surface area contributed by atoms with Gasteiger partial charge in [-0.05, 0) is 43.9 Å². The van der Waals surface area contributed by atoms with Crippen molar-refractivity contribution in [3.05, 3.63) is 23.8 Å². The largest absolute Gasteiger partial charge is 0.493 e. The first-order valence-corrected chi connectivity index (χ1v) is 8.93. The number of likely N-dealkylation sites (N-methyl/N-ethyl adjacent to an activating group) is 1. The lowest BCUT2D eigenvalue weighted by Gasteiger charge is -2.18. The van der Waals surface area contributed by atoms with Crippen LogP contribution in [0.5, 0.6) is 11.5 Å². The third-order valence-corrected chi connectivity index (χ3v) is 5.38. The maximum Gasteiger partial charge on any atom is 0.276 e. The highest BCUT2D eigenvalue weighted by Gasteiger charge is 2.56. The van der Waals surface area contributed by atoms with Crippen molar-refractivity contribution in [2.75, 3.05) is 14.2 Å². The minimum absolute atomic E-state index is 0.0247. The van der Waals surface area contributed by atoms with Crippen molar-refractivity contribution in [1.29, 1.82) is 0 Å². The van der Waals surface area contributed by atoms with E-state index in [4.69, 9.17) is 14.3 Å². The Labute approximate surface area is 151 Å². The van der Waals surface area contributed by atoms with Gasteiger partial charge in [-0.25, -0.2) is 0 Å². The van der Waals surface area contributed by atoms with Crippen LogP contribution in [0.4, 0.5) is 0 Å². The topological polar surface area (TPSA) is 77.4 Å². The number of hydrogen-bond donors (Lipinski definition) is 0. The van der Waals surface area contributed by atoms with Gasteiger partial charge in [0, 0.05) is 19.0 Å². The Morgan fingerprint density at radius 3 is 2.62 bits per heavy atom. The van der Waals surface area contributed by atoms with E-state index in [1.807, 2.05) is 18.2 Å². The summed E-state index contributed by atoms with van der Waals surface area (Å²) >= 11 is 0. The second kappa shape index (κ2) is 6.30. The predicted octanol–water partition coefficient (Wildman–Crippen LogP) is 2.27. The average Bonchev–Trinajstić information content (AvgIpc) is 3.34. The van der Waals surface area contributed by atoms with Crippen LogP contribution in [0.1, 0.15) is 44.1 Å². The zero-order chi connectivity index (χ0) is 18.3. The molecule has 1 aliphatic carbocycles. The van der Waals surface area contributed by atoms with Crippen LogP contribution in [-0.4, -0.2) is 48.3 Å². The van der Waals surface area contributed by atoms with Gasteiger partial charge in [-0.2, -0.15) is 0 Å². The summed E-state index contributed by atoms with van der Waals surface area (Å²) in [4.78, 5) is 30.8. The molecule has 0 aromatic heterocycles. The molecular weight excluding hydrogens is 336 g/mol. The number of hydrogen-bond acceptors (Lipinski definition) is 6. The summed E-state index contributed by atoms with van der Waals surface area (Å²) in [6, 6.07) is 5.58. The average molecular weight is 358 g/mol. The Balaban J connectivity index is 1.57. The van der Waals surface area contributed by atoms with Crippen molar-refractivity contribution in [2.24, 2.45) is 5.16 Å². The molecule has 1 aromatic carbocycles. The summed E-state index contributed by atoms with van der Waals surface area (Å²) < 4.78 is 11.5. The maximum atomic E-state index is 12.4. The van der Waals surface area contributed by atoms with Crippen LogP contribution in [0.3, 0.4) is 0 Å². The van der Waals surface area contributed by atoms with Crippen LogP contribution in [0.25, 0.3) is 0 Å². The molecular formula is C19H22N2O5. The van der Waals surface area contributed by atoms with Gasteiger partial charge in [0.25, 0.3) is 5.91 Å². The molecule has 1 saturated heterocycles. The summed E-state index contributed by atoms with van der Waals surface area (Å²) in [5.41, 5.74) is 0.263. The molecule has 1 atom stereocenters. The van der Waals surface area contributed by atoms with Gasteiger partial charge in [-0.15, -0.1) is 0 Å². The normalized spacial score (nSPS) is 25.8. The number of carbonyl (C=O) groups excluding carboxylic acids is 2. The van der Waals surface area contributed by atoms with Crippen molar-refractivity contribution in [3.63, 3.8) is 0 Å². The predicted molar refractivity (Wildman–Crippen MR) is 93.2 cm³/mol. The summed E-state index contributed by atoms with van der Waals surface area (Å²) in [6.45, 7) is 0. The number of oxime groups is 1. The van der Waals surface area contributed by atoms with Gasteiger partial charge in [0.05, 0.1) is 25.3 Å². The molecule has 1 unspecified atom stereocenters. The monoisotopic (exact) mass is 358 g/mol. The van der Waals surface area contributed by atoms with E-state index in [1.165, 1.54) is 19.9 Å². The number of methoxy groups -OCH3 is 1. The molecule has 3 aliphatic rings. The first-order valence-electron chi connectivity index (χ1n) is 8.93. The molecule has 0 bridgehead atoms. The zero-order valence-electron chi connectivity index (χ0n) is 15.0. The van der Waals surface area contributed by atoms with Crippen molar-refractivity contribution in [2.45, 2.75) is 50.2 Å². The second-order valence-electron chi connectivity index (χ2n) is 7.12. The number of ether oxygens (including phenoxy) is 2. The fraction of sp³-hybridized carbons (Fsp3) is 0.526. The highest BCUT2D eigenvalue weighted by atomic mass is 16.7. The van der Waals surface area contributed by atoms with Gasteiger partial charge < -0.3 is 14.3 Å². The van der Waals surface area contributed by atoms with E-state index in [1.54, 1.807) is 7.11 Å². The van der Waals surface area contributed by atoms with Gasteiger partial charge in [0.2, 0.25) is 11.5 Å². The van der Waals surface area contributed by atoms with Crippen LogP contribution in [-0.2, 0) is 14.4 Å². The lowest BCUT2D eigenvalue weighted by atomic mass is 9.92. The summed E-state index contributed by atoms with van der Waals surface area (Å²) in [7, 11) is 3.09. The number of likely N-dealkylation sites (tertiary alicyclic amines) is 1. The third-order valence-electron chi connectivity index (χ3n) is 5.38. The van der Waals surface area contributed by atoms with E-state index in [0.717, 1.165) is 23.3 Å². The van der Waals surface area contributed by atoms with E-state index in [9.17, 15) is 9.59 Å². The first-order chi connectivity index (χ1) is 12.5. The molecule has 4 rings (SSSR count). The maximum absolute atomic E-state index is 12.4. The standard InChI is InChI=1S/C19H22N2O5/c1-21-17(22)11-19(18(21)23)10-14(20-26-19)12-7-8-15(24-2)16(9-12)25-13-5-3-4-6-13/h7-9,13H,3-6,10-11H2,1-2H3. The summed E-state index contributed by atoms with van der Waals surface area (Å²) in [5.74, 6) is 0.761. The minimum Gasteiger partial charge on any atom is -0.493 e. The highest BCUT2D eigenvalue weighted by molar-refractivity contribution is 6.13. The van der Waals surface area contributed by atoms with E-state index in [0.29, 0.717) is 17.2 Å². The Kier molecular flexibility index (Phi) is 4.09. The molecule has 0 radical (unpaired) electrons. The number of rotatable bonds is 4. The Morgan fingerprint density at radius 2 is 1.96 bits per heavy atom. The van der Waals surface area contributed by atoms with Crippen molar-refractivity contribution in [3.8, 4) is 11.5 Å². The lowest BCUT2D eigenvalue weighted by molar-refractivity contribution is -0.146. The van der Waals surface area contributed by atoms with Crippen molar-refractivity contribution < 1.29 is 23.9 Å². The van der Waals surface area contributed by atoms with Crippen LogP contribution < -0.4 is 9.47 Å². The molecule has 2 amide bonds. The molecule has 7 heteroatoms. The molecule has 2 aliphatic heterocycles. The molecule has 1 saturated carbocycles. The fourth-order valence-corrected chi connectivity index (χ4v) is 3.83. The zero-order valence-corrected chi connectivity index (χ0v) is 15.0. The molecule has 2 fully saturated rings. The fourth-order valence-electron chi connectivity index (χ4n) is 3.83. The molecule has 7 nitrogen and oxygen atoms in total. The molecule has 0 N–H and O–H groups in total. The SMILES string of the molecule is COc1ccc(C2=NOC3(CC(=O)N(C)C3=O)C2)cc1OC1CCCC1. The van der Waals surface area contributed by atoms with Gasteiger partial charge in [-0.1, -0.05) is 5.16 Å². The third kappa shape index (κ3) is 2.71. The molecule has 1 spiro atoms. The number of carbonyl (C=O) groups is 2. The Hall–Kier alpha value is -2.57.